The highest BCUT2D eigenvalue weighted by Crippen LogP contribution is 2.29. The Labute approximate surface area is 165 Å². The highest BCUT2D eigenvalue weighted by atomic mass is 16.5. The lowest BCUT2D eigenvalue weighted by Crippen LogP contribution is -2.39. The van der Waals surface area contributed by atoms with Crippen LogP contribution in [0.4, 0.5) is 0 Å². The number of nitrogens with zero attached hydrogens (tertiary/aromatic N) is 1. The first kappa shape index (κ1) is 20.2. The van der Waals surface area contributed by atoms with Crippen LogP contribution in [0.2, 0.25) is 0 Å². The van der Waals surface area contributed by atoms with Crippen molar-refractivity contribution in [3.8, 4) is 5.75 Å². The minimum atomic E-state index is -0.971. The summed E-state index contributed by atoms with van der Waals surface area (Å²) in [4.78, 5) is 38.3. The Balaban J connectivity index is 1.55. The fourth-order valence-electron chi connectivity index (χ4n) is 4.23. The largest absolute Gasteiger partial charge is 0.496 e. The molecule has 28 heavy (non-hydrogen) atoms. The zero-order valence-electron chi connectivity index (χ0n) is 16.2. The van der Waals surface area contributed by atoms with Gasteiger partial charge in [0, 0.05) is 25.6 Å². The van der Waals surface area contributed by atoms with Gasteiger partial charge in [-0.3, -0.25) is 14.4 Å². The lowest BCUT2D eigenvalue weighted by Gasteiger charge is -2.24. The molecule has 1 saturated carbocycles. The van der Waals surface area contributed by atoms with Crippen molar-refractivity contribution < 1.29 is 24.2 Å². The van der Waals surface area contributed by atoms with E-state index < -0.39 is 17.8 Å². The Morgan fingerprint density at radius 3 is 2.68 bits per heavy atom. The van der Waals surface area contributed by atoms with Crippen molar-refractivity contribution in [2.24, 2.45) is 11.8 Å². The van der Waals surface area contributed by atoms with Crippen molar-refractivity contribution in [3.63, 3.8) is 0 Å². The standard InChI is InChI=1S/C21H28N2O5/c1-28-18-9-5-2-6-14(18)10-15(21(26)27)12-22-20(25)16-11-19(24)23(13-16)17-7-3-4-8-17/h2,5-6,9,15-17H,3-4,7-8,10-13H2,1H3,(H,22,25)(H,26,27). The van der Waals surface area contributed by atoms with E-state index in [2.05, 4.69) is 5.32 Å². The summed E-state index contributed by atoms with van der Waals surface area (Å²) in [6.07, 6.45) is 4.77. The molecule has 2 unspecified atom stereocenters. The Morgan fingerprint density at radius 2 is 2.00 bits per heavy atom. The second-order valence-corrected chi connectivity index (χ2v) is 7.68. The molecule has 2 N–H and O–H groups in total. The summed E-state index contributed by atoms with van der Waals surface area (Å²) < 4.78 is 5.28. The maximum absolute atomic E-state index is 12.5. The molecule has 152 valence electrons. The number of carbonyl (C=O) groups is 3. The van der Waals surface area contributed by atoms with Gasteiger partial charge in [0.15, 0.2) is 0 Å². The number of aliphatic carboxylic acids is 1. The predicted octanol–water partition coefficient (Wildman–Crippen LogP) is 1.85. The number of carboxylic acid groups (broad SMARTS) is 1. The Kier molecular flexibility index (Phi) is 6.54. The van der Waals surface area contributed by atoms with Gasteiger partial charge in [0.05, 0.1) is 18.9 Å². The maximum atomic E-state index is 12.5. The van der Waals surface area contributed by atoms with E-state index in [1.807, 2.05) is 23.1 Å². The van der Waals surface area contributed by atoms with Gasteiger partial charge in [-0.15, -0.1) is 0 Å². The van der Waals surface area contributed by atoms with Crippen molar-refractivity contribution >= 4 is 17.8 Å². The quantitative estimate of drug-likeness (QED) is 0.709. The topological polar surface area (TPSA) is 95.9 Å². The van der Waals surface area contributed by atoms with Crippen LogP contribution in [0.3, 0.4) is 0 Å². The molecular formula is C21H28N2O5. The van der Waals surface area contributed by atoms with Gasteiger partial charge < -0.3 is 20.1 Å². The number of hydrogen-bond donors (Lipinski definition) is 2. The molecule has 0 aromatic heterocycles. The third-order valence-electron chi connectivity index (χ3n) is 5.83. The summed E-state index contributed by atoms with van der Waals surface area (Å²) in [5, 5.41) is 12.3. The smallest absolute Gasteiger partial charge is 0.308 e. The summed E-state index contributed by atoms with van der Waals surface area (Å²) in [5.74, 6) is -1.69. The van der Waals surface area contributed by atoms with Crippen LogP contribution in [0.1, 0.15) is 37.7 Å². The van der Waals surface area contributed by atoms with E-state index in [-0.39, 0.29) is 37.2 Å². The number of benzene rings is 1. The van der Waals surface area contributed by atoms with Gasteiger partial charge in [-0.2, -0.15) is 0 Å². The molecule has 3 rings (SSSR count). The number of carbonyl (C=O) groups excluding carboxylic acids is 2. The summed E-state index contributed by atoms with van der Waals surface area (Å²) >= 11 is 0. The summed E-state index contributed by atoms with van der Waals surface area (Å²) in [6.45, 7) is 0.472. The summed E-state index contributed by atoms with van der Waals surface area (Å²) in [7, 11) is 1.55. The maximum Gasteiger partial charge on any atom is 0.308 e. The lowest BCUT2D eigenvalue weighted by atomic mass is 9.98. The van der Waals surface area contributed by atoms with Crippen molar-refractivity contribution in [2.75, 3.05) is 20.2 Å². The Bertz CT molecular complexity index is 729. The Morgan fingerprint density at radius 1 is 1.29 bits per heavy atom. The molecular weight excluding hydrogens is 360 g/mol. The van der Waals surface area contributed by atoms with Crippen LogP contribution in [0.5, 0.6) is 5.75 Å². The highest BCUT2D eigenvalue weighted by molar-refractivity contribution is 5.89. The van der Waals surface area contributed by atoms with Gasteiger partial charge in [-0.25, -0.2) is 0 Å². The van der Waals surface area contributed by atoms with Crippen molar-refractivity contribution in [2.45, 2.75) is 44.6 Å². The molecule has 1 aliphatic carbocycles. The van der Waals surface area contributed by atoms with Crippen molar-refractivity contribution in [1.29, 1.82) is 0 Å². The molecule has 0 bridgehead atoms. The first-order chi connectivity index (χ1) is 13.5. The summed E-state index contributed by atoms with van der Waals surface area (Å²) in [6, 6.07) is 7.53. The van der Waals surface area contributed by atoms with E-state index in [1.54, 1.807) is 13.2 Å². The minimum absolute atomic E-state index is 0.0281. The van der Waals surface area contributed by atoms with Crippen LogP contribution >= 0.6 is 0 Å². The molecule has 1 saturated heterocycles. The molecule has 1 aromatic rings. The third-order valence-corrected chi connectivity index (χ3v) is 5.83. The molecule has 7 nitrogen and oxygen atoms in total. The molecule has 1 heterocycles. The van der Waals surface area contributed by atoms with Gasteiger partial charge >= 0.3 is 5.97 Å². The molecule has 2 amide bonds. The lowest BCUT2D eigenvalue weighted by molar-refractivity contribution is -0.141. The Hall–Kier alpha value is -2.57. The van der Waals surface area contributed by atoms with E-state index in [9.17, 15) is 19.5 Å². The molecule has 2 fully saturated rings. The monoisotopic (exact) mass is 388 g/mol. The van der Waals surface area contributed by atoms with Crippen LogP contribution in [-0.4, -0.2) is 54.0 Å². The number of para-hydroxylation sites is 1. The fraction of sp³-hybridized carbons (Fsp3) is 0.571. The molecule has 1 aromatic carbocycles. The van der Waals surface area contributed by atoms with Gasteiger partial charge in [-0.1, -0.05) is 31.0 Å². The number of carboxylic acids is 1. The van der Waals surface area contributed by atoms with Crippen LogP contribution in [0.15, 0.2) is 24.3 Å². The van der Waals surface area contributed by atoms with Crippen LogP contribution in [-0.2, 0) is 20.8 Å². The molecule has 0 spiro atoms. The van der Waals surface area contributed by atoms with E-state index in [0.717, 1.165) is 31.2 Å². The van der Waals surface area contributed by atoms with Gasteiger partial charge in [0.2, 0.25) is 11.8 Å². The second-order valence-electron chi connectivity index (χ2n) is 7.68. The molecule has 2 atom stereocenters. The zero-order chi connectivity index (χ0) is 20.1. The number of hydrogen-bond acceptors (Lipinski definition) is 4. The van der Waals surface area contributed by atoms with Crippen LogP contribution in [0, 0.1) is 11.8 Å². The molecule has 7 heteroatoms. The van der Waals surface area contributed by atoms with Gasteiger partial charge in [0.1, 0.15) is 5.75 Å². The minimum Gasteiger partial charge on any atom is -0.496 e. The number of amides is 2. The first-order valence-electron chi connectivity index (χ1n) is 9.91. The number of methoxy groups -OCH3 is 1. The van der Waals surface area contributed by atoms with Gasteiger partial charge in [0.25, 0.3) is 0 Å². The number of ether oxygens (including phenoxy) is 1. The summed E-state index contributed by atoms with van der Waals surface area (Å²) in [5.41, 5.74) is 0.787. The predicted molar refractivity (Wildman–Crippen MR) is 103 cm³/mol. The number of likely N-dealkylation sites (tertiary alicyclic amines) is 1. The molecule has 2 aliphatic rings. The van der Waals surface area contributed by atoms with Crippen molar-refractivity contribution in [3.05, 3.63) is 29.8 Å². The third kappa shape index (κ3) is 4.64. The normalized spacial score (nSPS) is 21.0. The number of rotatable bonds is 8. The van der Waals surface area contributed by atoms with E-state index in [1.165, 1.54) is 0 Å². The number of nitrogens with one attached hydrogen (secondary N) is 1. The van der Waals surface area contributed by atoms with Gasteiger partial charge in [-0.05, 0) is 30.9 Å². The van der Waals surface area contributed by atoms with Crippen LogP contribution in [0.25, 0.3) is 0 Å². The zero-order valence-corrected chi connectivity index (χ0v) is 16.2. The molecule has 0 radical (unpaired) electrons. The van der Waals surface area contributed by atoms with E-state index in [0.29, 0.717) is 12.3 Å². The van der Waals surface area contributed by atoms with E-state index in [4.69, 9.17) is 4.74 Å². The average Bonchev–Trinajstić information content (AvgIpc) is 3.34. The highest BCUT2D eigenvalue weighted by Gasteiger charge is 2.38. The van der Waals surface area contributed by atoms with Crippen molar-refractivity contribution in [1.82, 2.24) is 10.2 Å². The SMILES string of the molecule is COc1ccccc1CC(CNC(=O)C1CC(=O)N(C2CCCC2)C1)C(=O)O. The fourth-order valence-corrected chi connectivity index (χ4v) is 4.23. The average molecular weight is 388 g/mol. The second kappa shape index (κ2) is 9.08. The van der Waals surface area contributed by atoms with E-state index >= 15 is 0 Å². The molecule has 1 aliphatic heterocycles. The van der Waals surface area contributed by atoms with Crippen LogP contribution < -0.4 is 10.1 Å². The first-order valence-corrected chi connectivity index (χ1v) is 9.91.